The minimum atomic E-state index is -0.750. The maximum atomic E-state index is 10.8. The first-order chi connectivity index (χ1) is 11.0. The molecule has 128 valence electrons. The quantitative estimate of drug-likeness (QED) is 0.835. The molecule has 0 aromatic heterocycles. The summed E-state index contributed by atoms with van der Waals surface area (Å²) < 4.78 is 5.83. The Balaban J connectivity index is 1.72. The van der Waals surface area contributed by atoms with Crippen LogP contribution in [0.15, 0.2) is 24.3 Å². The topological polar surface area (TPSA) is 53.0 Å². The van der Waals surface area contributed by atoms with E-state index < -0.39 is 5.97 Å². The average Bonchev–Trinajstić information content (AvgIpc) is 2.72. The second-order valence-electron chi connectivity index (χ2n) is 6.40. The molecule has 1 N–H and O–H groups in total. The molecule has 0 aliphatic carbocycles. The molecule has 0 bridgehead atoms. The van der Waals surface area contributed by atoms with Crippen molar-refractivity contribution >= 4 is 5.97 Å². The van der Waals surface area contributed by atoms with Gasteiger partial charge in [-0.1, -0.05) is 12.1 Å². The van der Waals surface area contributed by atoms with Crippen molar-refractivity contribution in [2.45, 2.75) is 32.2 Å². The van der Waals surface area contributed by atoms with Crippen LogP contribution in [0.5, 0.6) is 5.75 Å². The molecule has 1 aromatic carbocycles. The molecule has 5 heteroatoms. The fourth-order valence-corrected chi connectivity index (χ4v) is 3.14. The highest BCUT2D eigenvalue weighted by Gasteiger charge is 2.21. The molecule has 1 saturated heterocycles. The molecule has 1 aliphatic heterocycles. The van der Waals surface area contributed by atoms with Gasteiger partial charge in [-0.3, -0.25) is 14.6 Å². The monoisotopic (exact) mass is 320 g/mol. The van der Waals surface area contributed by atoms with Crippen LogP contribution in [0.3, 0.4) is 0 Å². The highest BCUT2D eigenvalue weighted by molar-refractivity contribution is 5.69. The van der Waals surface area contributed by atoms with Crippen molar-refractivity contribution in [3.05, 3.63) is 29.8 Å². The molecule has 1 aliphatic rings. The number of carboxylic acids is 1. The van der Waals surface area contributed by atoms with Crippen LogP contribution in [0.4, 0.5) is 0 Å². The van der Waals surface area contributed by atoms with E-state index in [1.165, 1.54) is 5.56 Å². The molecule has 2 rings (SSSR count). The smallest absolute Gasteiger partial charge is 0.317 e. The third kappa shape index (κ3) is 6.20. The lowest BCUT2D eigenvalue weighted by molar-refractivity contribution is -0.138. The van der Waals surface area contributed by atoms with Crippen molar-refractivity contribution in [3.8, 4) is 5.75 Å². The van der Waals surface area contributed by atoms with E-state index in [9.17, 15) is 4.79 Å². The molecule has 0 amide bonds. The zero-order valence-corrected chi connectivity index (χ0v) is 14.2. The third-order valence-corrected chi connectivity index (χ3v) is 4.46. The first-order valence-corrected chi connectivity index (χ1v) is 8.38. The van der Waals surface area contributed by atoms with Crippen LogP contribution in [-0.2, 0) is 4.79 Å². The van der Waals surface area contributed by atoms with E-state index >= 15 is 0 Å². The number of hydrogen-bond donors (Lipinski definition) is 1. The van der Waals surface area contributed by atoms with Crippen LogP contribution >= 0.6 is 0 Å². The van der Waals surface area contributed by atoms with E-state index in [-0.39, 0.29) is 6.54 Å². The molecule has 5 nitrogen and oxygen atoms in total. The van der Waals surface area contributed by atoms with Gasteiger partial charge in [0.05, 0.1) is 6.54 Å². The number of carboxylic acid groups (broad SMARTS) is 1. The zero-order valence-electron chi connectivity index (χ0n) is 14.2. The van der Waals surface area contributed by atoms with Crippen molar-refractivity contribution in [2.24, 2.45) is 0 Å². The summed E-state index contributed by atoms with van der Waals surface area (Å²) >= 11 is 0. The highest BCUT2D eigenvalue weighted by atomic mass is 16.5. The van der Waals surface area contributed by atoms with E-state index in [1.807, 2.05) is 24.1 Å². The predicted octanol–water partition coefficient (Wildman–Crippen LogP) is 2.24. The number of nitrogens with zero attached hydrogens (tertiary/aromatic N) is 2. The third-order valence-electron chi connectivity index (χ3n) is 4.46. The number of likely N-dealkylation sites (tertiary alicyclic amines) is 1. The maximum absolute atomic E-state index is 10.8. The average molecular weight is 320 g/mol. The normalized spacial score (nSPS) is 19.5. The van der Waals surface area contributed by atoms with E-state index in [0.717, 1.165) is 44.6 Å². The first-order valence-electron chi connectivity index (χ1n) is 8.38. The molecule has 23 heavy (non-hydrogen) atoms. The minimum absolute atomic E-state index is 0.126. The number of rotatable bonds is 7. The lowest BCUT2D eigenvalue weighted by Gasteiger charge is -2.25. The van der Waals surface area contributed by atoms with Crippen LogP contribution in [0.25, 0.3) is 0 Å². The maximum Gasteiger partial charge on any atom is 0.317 e. The molecule has 1 aromatic rings. The molecule has 1 unspecified atom stereocenters. The number of aryl methyl sites for hydroxylation is 1. The fraction of sp³-hybridized carbons (Fsp3) is 0.611. The largest absolute Gasteiger partial charge is 0.492 e. The predicted molar refractivity (Wildman–Crippen MR) is 91.0 cm³/mol. The lowest BCUT2D eigenvalue weighted by atomic mass is 10.1. The van der Waals surface area contributed by atoms with Gasteiger partial charge in [0.1, 0.15) is 12.4 Å². The standard InChI is InChI=1S/C18H28N2O3/c1-15-5-3-7-17(13-15)23-12-11-20-9-4-6-16(8-10-20)19(2)14-18(21)22/h3,5,7,13,16H,4,6,8-12,14H2,1-2H3,(H,21,22). The summed E-state index contributed by atoms with van der Waals surface area (Å²) in [6.07, 6.45) is 3.20. The number of benzene rings is 1. The van der Waals surface area contributed by atoms with E-state index in [0.29, 0.717) is 12.6 Å². The van der Waals surface area contributed by atoms with Crippen LogP contribution in [0, 0.1) is 6.92 Å². The molecule has 1 heterocycles. The van der Waals surface area contributed by atoms with Crippen molar-refractivity contribution in [1.82, 2.24) is 9.80 Å². The number of likely N-dealkylation sites (N-methyl/N-ethyl adjacent to an activating group) is 1. The molecule has 1 atom stereocenters. The van der Waals surface area contributed by atoms with Crippen molar-refractivity contribution < 1.29 is 14.6 Å². The Kier molecular flexibility index (Phi) is 6.86. The summed E-state index contributed by atoms with van der Waals surface area (Å²) in [5.74, 6) is 0.180. The van der Waals surface area contributed by atoms with Gasteiger partial charge in [-0.2, -0.15) is 0 Å². The Morgan fingerprint density at radius 1 is 1.39 bits per heavy atom. The number of aliphatic carboxylic acids is 1. The fourth-order valence-electron chi connectivity index (χ4n) is 3.14. The summed E-state index contributed by atoms with van der Waals surface area (Å²) in [7, 11) is 1.91. The van der Waals surface area contributed by atoms with Crippen LogP contribution in [0.1, 0.15) is 24.8 Å². The number of carbonyl (C=O) groups is 1. The SMILES string of the molecule is Cc1cccc(OCCN2CCCC(N(C)CC(=O)O)CC2)c1. The van der Waals surface area contributed by atoms with Gasteiger partial charge in [0.15, 0.2) is 0 Å². The molecule has 0 radical (unpaired) electrons. The van der Waals surface area contributed by atoms with Gasteiger partial charge in [-0.15, -0.1) is 0 Å². The molecule has 0 saturated carbocycles. The Labute approximate surface area is 138 Å². The van der Waals surface area contributed by atoms with Crippen LogP contribution in [0.2, 0.25) is 0 Å². The van der Waals surface area contributed by atoms with Gasteiger partial charge in [0.2, 0.25) is 0 Å². The van der Waals surface area contributed by atoms with Crippen molar-refractivity contribution in [1.29, 1.82) is 0 Å². The molecule has 1 fully saturated rings. The first kappa shape index (κ1) is 17.8. The lowest BCUT2D eigenvalue weighted by Crippen LogP contribution is -2.37. The van der Waals surface area contributed by atoms with Crippen molar-refractivity contribution in [2.75, 3.05) is 39.8 Å². The number of hydrogen-bond acceptors (Lipinski definition) is 4. The van der Waals surface area contributed by atoms with E-state index in [1.54, 1.807) is 0 Å². The van der Waals surface area contributed by atoms with Gasteiger partial charge in [-0.25, -0.2) is 0 Å². The Morgan fingerprint density at radius 3 is 2.96 bits per heavy atom. The van der Waals surface area contributed by atoms with Gasteiger partial charge < -0.3 is 9.84 Å². The summed E-state index contributed by atoms with van der Waals surface area (Å²) in [5.41, 5.74) is 1.21. The van der Waals surface area contributed by atoms with E-state index in [4.69, 9.17) is 9.84 Å². The second-order valence-corrected chi connectivity index (χ2v) is 6.40. The Hall–Kier alpha value is -1.59. The second kappa shape index (κ2) is 8.89. The summed E-state index contributed by atoms with van der Waals surface area (Å²) in [5, 5.41) is 8.91. The van der Waals surface area contributed by atoms with E-state index in [2.05, 4.69) is 24.0 Å². The Morgan fingerprint density at radius 2 is 2.22 bits per heavy atom. The minimum Gasteiger partial charge on any atom is -0.492 e. The summed E-state index contributed by atoms with van der Waals surface area (Å²) in [6, 6.07) is 8.49. The molecule has 0 spiro atoms. The van der Waals surface area contributed by atoms with Crippen LogP contribution < -0.4 is 4.74 Å². The van der Waals surface area contributed by atoms with Gasteiger partial charge in [0, 0.05) is 12.6 Å². The van der Waals surface area contributed by atoms with Gasteiger partial charge in [0.25, 0.3) is 0 Å². The Bertz CT molecular complexity index is 507. The molecular weight excluding hydrogens is 292 g/mol. The molecular formula is C18H28N2O3. The number of ether oxygens (including phenoxy) is 1. The zero-order chi connectivity index (χ0) is 16.7. The van der Waals surface area contributed by atoms with Gasteiger partial charge in [-0.05, 0) is 64.0 Å². The van der Waals surface area contributed by atoms with Crippen molar-refractivity contribution in [3.63, 3.8) is 0 Å². The highest BCUT2D eigenvalue weighted by Crippen LogP contribution is 2.16. The summed E-state index contributed by atoms with van der Waals surface area (Å²) in [4.78, 5) is 15.2. The van der Waals surface area contributed by atoms with Crippen LogP contribution in [-0.4, -0.2) is 66.8 Å². The van der Waals surface area contributed by atoms with Gasteiger partial charge >= 0.3 is 5.97 Å². The summed E-state index contributed by atoms with van der Waals surface area (Å²) in [6.45, 7) is 5.87.